The van der Waals surface area contributed by atoms with Gasteiger partial charge in [0.05, 0.1) is 37.0 Å². The fourth-order valence-electron chi connectivity index (χ4n) is 2.63. The average Bonchev–Trinajstić information content (AvgIpc) is 3.09. The zero-order chi connectivity index (χ0) is 19.1. The predicted molar refractivity (Wildman–Crippen MR) is 106 cm³/mol. The number of rotatable bonds is 8. The number of ether oxygens (including phenoxy) is 1. The van der Waals surface area contributed by atoms with E-state index in [0.29, 0.717) is 28.8 Å². The average molecular weight is 383 g/mol. The van der Waals surface area contributed by atoms with Gasteiger partial charge in [0.25, 0.3) is 0 Å². The lowest BCUT2D eigenvalue weighted by Crippen LogP contribution is -2.15. The van der Waals surface area contributed by atoms with Gasteiger partial charge >= 0.3 is 0 Å². The number of amides is 1. The number of benzene rings is 2. The molecule has 1 amide bonds. The number of aliphatic hydroxyl groups excluding tert-OH is 1. The molecule has 3 rings (SSSR count). The molecule has 7 heteroatoms. The molecule has 6 nitrogen and oxygen atoms in total. The molecule has 2 aromatic carbocycles. The van der Waals surface area contributed by atoms with Crippen LogP contribution in [0.25, 0.3) is 0 Å². The van der Waals surface area contributed by atoms with Crippen LogP contribution in [0.3, 0.4) is 0 Å². The molecule has 27 heavy (non-hydrogen) atoms. The number of hydrogen-bond acceptors (Lipinski definition) is 5. The van der Waals surface area contributed by atoms with Gasteiger partial charge in [-0.3, -0.25) is 4.79 Å². The molecule has 0 spiro atoms. The quantitative estimate of drug-likeness (QED) is 0.585. The van der Waals surface area contributed by atoms with Gasteiger partial charge in [0.1, 0.15) is 5.75 Å². The van der Waals surface area contributed by atoms with Gasteiger partial charge in [-0.1, -0.05) is 54.2 Å². The summed E-state index contributed by atoms with van der Waals surface area (Å²) in [5.41, 5.74) is 2.45. The molecule has 3 aromatic rings. The molecule has 1 heterocycles. The Balaban J connectivity index is 1.67. The Hall–Kier alpha value is -2.77. The predicted octanol–water partition coefficient (Wildman–Crippen LogP) is 3.16. The normalized spacial score (nSPS) is 10.6. The van der Waals surface area contributed by atoms with E-state index in [9.17, 15) is 9.90 Å². The van der Waals surface area contributed by atoms with Crippen LogP contribution in [0.1, 0.15) is 11.3 Å². The summed E-state index contributed by atoms with van der Waals surface area (Å²) in [4.78, 5) is 16.7. The van der Waals surface area contributed by atoms with E-state index in [2.05, 4.69) is 10.3 Å². The van der Waals surface area contributed by atoms with Gasteiger partial charge in [-0.05, 0) is 17.7 Å². The summed E-state index contributed by atoms with van der Waals surface area (Å²) < 4.78 is 7.17. The van der Waals surface area contributed by atoms with Crippen molar-refractivity contribution in [3.63, 3.8) is 0 Å². The fourth-order valence-corrected chi connectivity index (χ4v) is 3.43. The molecule has 0 aliphatic rings. The van der Waals surface area contributed by atoms with Crippen molar-refractivity contribution in [1.29, 1.82) is 0 Å². The van der Waals surface area contributed by atoms with Crippen molar-refractivity contribution < 1.29 is 14.6 Å². The zero-order valence-corrected chi connectivity index (χ0v) is 15.8. The number of carbonyl (C=O) groups excluding carboxylic acids is 1. The number of carbonyl (C=O) groups is 1. The van der Waals surface area contributed by atoms with E-state index in [1.165, 1.54) is 11.8 Å². The molecule has 1 aromatic heterocycles. The molecule has 0 radical (unpaired) electrons. The minimum Gasteiger partial charge on any atom is -0.495 e. The van der Waals surface area contributed by atoms with Crippen LogP contribution in [0.4, 0.5) is 5.69 Å². The summed E-state index contributed by atoms with van der Waals surface area (Å²) in [5, 5.41) is 13.1. The summed E-state index contributed by atoms with van der Waals surface area (Å²) in [6, 6.07) is 17.2. The minimum absolute atomic E-state index is 0.103. The Labute approximate surface area is 162 Å². The van der Waals surface area contributed by atoms with Crippen LogP contribution in [0.2, 0.25) is 0 Å². The monoisotopic (exact) mass is 383 g/mol. The number of nitrogens with zero attached hydrogens (tertiary/aromatic N) is 2. The number of thioether (sulfide) groups is 1. The maximum absolute atomic E-state index is 12.3. The first-order chi connectivity index (χ1) is 13.2. The molecule has 0 aliphatic carbocycles. The van der Waals surface area contributed by atoms with Crippen LogP contribution >= 0.6 is 11.8 Å². The van der Waals surface area contributed by atoms with Crippen molar-refractivity contribution in [2.24, 2.45) is 0 Å². The number of aliphatic hydroxyl groups is 1. The van der Waals surface area contributed by atoms with Gasteiger partial charge in [-0.2, -0.15) is 0 Å². The molecule has 0 aliphatic heterocycles. The van der Waals surface area contributed by atoms with Gasteiger partial charge < -0.3 is 19.7 Å². The second kappa shape index (κ2) is 9.25. The van der Waals surface area contributed by atoms with E-state index in [1.54, 1.807) is 25.4 Å². The lowest BCUT2D eigenvalue weighted by Gasteiger charge is -2.12. The number of nitrogens with one attached hydrogen (secondary N) is 1. The molecular formula is C20H21N3O3S. The van der Waals surface area contributed by atoms with Crippen molar-refractivity contribution in [2.45, 2.75) is 18.3 Å². The van der Waals surface area contributed by atoms with Crippen LogP contribution in [-0.2, 0) is 17.9 Å². The molecule has 0 fully saturated rings. The Bertz CT molecular complexity index is 896. The summed E-state index contributed by atoms with van der Waals surface area (Å²) >= 11 is 1.33. The molecule has 0 saturated heterocycles. The fraction of sp³-hybridized carbons (Fsp3) is 0.200. The number of hydrogen-bond donors (Lipinski definition) is 2. The van der Waals surface area contributed by atoms with Gasteiger partial charge in [0.2, 0.25) is 5.91 Å². The largest absolute Gasteiger partial charge is 0.495 e. The van der Waals surface area contributed by atoms with Crippen LogP contribution in [0.15, 0.2) is 66.0 Å². The van der Waals surface area contributed by atoms with Crippen molar-refractivity contribution in [3.05, 3.63) is 72.1 Å². The molecule has 2 N–H and O–H groups in total. The van der Waals surface area contributed by atoms with E-state index in [4.69, 9.17) is 4.74 Å². The smallest absolute Gasteiger partial charge is 0.234 e. The number of para-hydroxylation sites is 2. The summed E-state index contributed by atoms with van der Waals surface area (Å²) in [6.45, 7) is 0.487. The Morgan fingerprint density at radius 3 is 2.67 bits per heavy atom. The second-order valence-corrected chi connectivity index (χ2v) is 6.74. The van der Waals surface area contributed by atoms with Crippen LogP contribution in [0.5, 0.6) is 5.75 Å². The highest BCUT2D eigenvalue weighted by Gasteiger charge is 2.13. The van der Waals surface area contributed by atoms with Gasteiger partial charge in [-0.15, -0.1) is 0 Å². The maximum Gasteiger partial charge on any atom is 0.234 e. The molecule has 0 bridgehead atoms. The number of aromatic nitrogens is 2. The number of imidazole rings is 1. The van der Waals surface area contributed by atoms with E-state index in [1.807, 2.05) is 47.0 Å². The maximum atomic E-state index is 12.3. The lowest BCUT2D eigenvalue weighted by molar-refractivity contribution is -0.113. The third-order valence-corrected chi connectivity index (χ3v) is 4.95. The highest BCUT2D eigenvalue weighted by Crippen LogP contribution is 2.24. The minimum atomic E-state index is -0.149. The molecule has 0 unspecified atom stereocenters. The lowest BCUT2D eigenvalue weighted by atomic mass is 10.2. The van der Waals surface area contributed by atoms with Crippen LogP contribution in [-0.4, -0.2) is 33.4 Å². The standard InChI is InChI=1S/C20H21N3O3S/c1-26-18-10-6-5-9-17(18)22-19(25)14-27-20-21-11-16(13-24)23(20)12-15-7-3-2-4-8-15/h2-11,24H,12-14H2,1H3,(H,22,25). The van der Waals surface area contributed by atoms with E-state index in [-0.39, 0.29) is 18.3 Å². The highest BCUT2D eigenvalue weighted by molar-refractivity contribution is 7.99. The zero-order valence-electron chi connectivity index (χ0n) is 15.0. The number of anilines is 1. The second-order valence-electron chi connectivity index (χ2n) is 5.80. The number of methoxy groups -OCH3 is 1. The van der Waals surface area contributed by atoms with Crippen LogP contribution in [0, 0.1) is 0 Å². The first-order valence-electron chi connectivity index (χ1n) is 8.46. The van der Waals surface area contributed by atoms with Crippen molar-refractivity contribution >= 4 is 23.4 Å². The SMILES string of the molecule is COc1ccccc1NC(=O)CSc1ncc(CO)n1Cc1ccccc1. The summed E-state index contributed by atoms with van der Waals surface area (Å²) in [7, 11) is 1.57. The summed E-state index contributed by atoms with van der Waals surface area (Å²) in [5.74, 6) is 0.669. The third kappa shape index (κ3) is 4.90. The van der Waals surface area contributed by atoms with Gasteiger partial charge in [0, 0.05) is 6.54 Å². The Morgan fingerprint density at radius 2 is 1.93 bits per heavy atom. The molecule has 140 valence electrons. The Morgan fingerprint density at radius 1 is 1.19 bits per heavy atom. The third-order valence-electron chi connectivity index (χ3n) is 3.96. The van der Waals surface area contributed by atoms with Crippen molar-refractivity contribution in [2.75, 3.05) is 18.2 Å². The molecule has 0 atom stereocenters. The highest BCUT2D eigenvalue weighted by atomic mass is 32.2. The van der Waals surface area contributed by atoms with Crippen molar-refractivity contribution in [1.82, 2.24) is 9.55 Å². The van der Waals surface area contributed by atoms with E-state index < -0.39 is 0 Å². The topological polar surface area (TPSA) is 76.4 Å². The van der Waals surface area contributed by atoms with Gasteiger partial charge in [0.15, 0.2) is 5.16 Å². The Kier molecular flexibility index (Phi) is 6.51. The van der Waals surface area contributed by atoms with E-state index >= 15 is 0 Å². The summed E-state index contributed by atoms with van der Waals surface area (Å²) in [6.07, 6.45) is 1.64. The van der Waals surface area contributed by atoms with E-state index in [0.717, 1.165) is 5.56 Å². The molecule has 0 saturated carbocycles. The first kappa shape index (κ1) is 19.0. The van der Waals surface area contributed by atoms with Crippen LogP contribution < -0.4 is 10.1 Å². The van der Waals surface area contributed by atoms with Crippen molar-refractivity contribution in [3.8, 4) is 5.75 Å². The first-order valence-corrected chi connectivity index (χ1v) is 9.44. The van der Waals surface area contributed by atoms with Gasteiger partial charge in [-0.25, -0.2) is 4.98 Å². The molecular weight excluding hydrogens is 362 g/mol.